The molecule has 0 saturated heterocycles. The van der Waals surface area contributed by atoms with E-state index in [9.17, 15) is 9.90 Å². The Morgan fingerprint density at radius 3 is 3.00 bits per heavy atom. The van der Waals surface area contributed by atoms with E-state index in [4.69, 9.17) is 0 Å². The van der Waals surface area contributed by atoms with E-state index in [0.717, 1.165) is 13.0 Å². The number of hydrogen-bond acceptors (Lipinski definition) is 5. The fourth-order valence-corrected chi connectivity index (χ4v) is 1.98. The molecule has 0 saturated carbocycles. The van der Waals surface area contributed by atoms with Gasteiger partial charge in [-0.2, -0.15) is 0 Å². The van der Waals surface area contributed by atoms with Crippen molar-refractivity contribution in [1.29, 1.82) is 0 Å². The lowest BCUT2D eigenvalue weighted by Crippen LogP contribution is -2.29. The third kappa shape index (κ3) is 3.99. The van der Waals surface area contributed by atoms with E-state index in [2.05, 4.69) is 22.4 Å². The predicted octanol–water partition coefficient (Wildman–Crippen LogP) is -0.439. The van der Waals surface area contributed by atoms with Gasteiger partial charge in [0.1, 0.15) is 0 Å². The first-order chi connectivity index (χ1) is 7.65. The highest BCUT2D eigenvalue weighted by molar-refractivity contribution is 7.99. The van der Waals surface area contributed by atoms with Crippen molar-refractivity contribution in [2.45, 2.75) is 24.6 Å². The molecular formula is C9H18N4O2S. The number of aromatic nitrogens is 3. The summed E-state index contributed by atoms with van der Waals surface area (Å²) >= 11 is 1.36. The van der Waals surface area contributed by atoms with Crippen molar-refractivity contribution in [1.82, 2.24) is 20.1 Å². The molecule has 0 bridgehead atoms. The van der Waals surface area contributed by atoms with E-state index >= 15 is 0 Å². The Hall–Kier alpha value is -0.790. The molecule has 0 aliphatic rings. The van der Waals surface area contributed by atoms with Crippen LogP contribution in [0.1, 0.15) is 13.3 Å². The first kappa shape index (κ1) is 13.3. The maximum absolute atomic E-state index is 11.1. The molecule has 1 heterocycles. The SMILES string of the molecule is CCCNCC(O)CSc1n[nH]c(=O)n1C. The Morgan fingerprint density at radius 1 is 1.69 bits per heavy atom. The normalized spacial score (nSPS) is 12.9. The highest BCUT2D eigenvalue weighted by atomic mass is 32.2. The van der Waals surface area contributed by atoms with Gasteiger partial charge in [-0.05, 0) is 13.0 Å². The van der Waals surface area contributed by atoms with E-state index in [1.54, 1.807) is 7.05 Å². The maximum atomic E-state index is 11.1. The fraction of sp³-hybridized carbons (Fsp3) is 0.778. The number of aromatic amines is 1. The number of rotatable bonds is 7. The second-order valence-corrected chi connectivity index (χ2v) is 4.53. The lowest BCUT2D eigenvalue weighted by atomic mass is 10.4. The van der Waals surface area contributed by atoms with Gasteiger partial charge in [0.05, 0.1) is 6.10 Å². The van der Waals surface area contributed by atoms with Crippen LogP contribution in [0, 0.1) is 0 Å². The minimum absolute atomic E-state index is 0.235. The van der Waals surface area contributed by atoms with Crippen LogP contribution in [0.15, 0.2) is 9.95 Å². The fourth-order valence-electron chi connectivity index (χ4n) is 1.14. The average Bonchev–Trinajstić information content (AvgIpc) is 2.58. The first-order valence-corrected chi connectivity index (χ1v) is 6.26. The zero-order valence-corrected chi connectivity index (χ0v) is 10.4. The summed E-state index contributed by atoms with van der Waals surface area (Å²) in [6.07, 6.45) is 0.622. The number of nitrogens with one attached hydrogen (secondary N) is 2. The molecule has 3 N–H and O–H groups in total. The quantitative estimate of drug-likeness (QED) is 0.449. The number of H-pyrrole nitrogens is 1. The summed E-state index contributed by atoms with van der Waals surface area (Å²) in [5.41, 5.74) is -0.235. The molecule has 92 valence electrons. The van der Waals surface area contributed by atoms with Gasteiger partial charge in [0, 0.05) is 19.3 Å². The van der Waals surface area contributed by atoms with Crippen LogP contribution in [0.5, 0.6) is 0 Å². The summed E-state index contributed by atoms with van der Waals surface area (Å²) in [5, 5.41) is 19.5. The van der Waals surface area contributed by atoms with Crippen molar-refractivity contribution in [3.05, 3.63) is 10.5 Å². The number of aliphatic hydroxyl groups is 1. The topological polar surface area (TPSA) is 82.9 Å². The molecule has 0 radical (unpaired) electrons. The van der Waals surface area contributed by atoms with Gasteiger partial charge in [0.2, 0.25) is 0 Å². The average molecular weight is 246 g/mol. The van der Waals surface area contributed by atoms with Gasteiger partial charge in [-0.1, -0.05) is 18.7 Å². The zero-order valence-electron chi connectivity index (χ0n) is 9.56. The molecule has 0 amide bonds. The summed E-state index contributed by atoms with van der Waals surface area (Å²) < 4.78 is 1.43. The van der Waals surface area contributed by atoms with Crippen LogP contribution < -0.4 is 11.0 Å². The largest absolute Gasteiger partial charge is 0.391 e. The second-order valence-electron chi connectivity index (χ2n) is 3.54. The second kappa shape index (κ2) is 6.72. The Kier molecular flexibility index (Phi) is 5.58. The monoisotopic (exact) mass is 246 g/mol. The molecule has 0 aromatic carbocycles. The van der Waals surface area contributed by atoms with E-state index in [1.165, 1.54) is 16.3 Å². The maximum Gasteiger partial charge on any atom is 0.343 e. The van der Waals surface area contributed by atoms with Gasteiger partial charge in [-0.3, -0.25) is 4.57 Å². The van der Waals surface area contributed by atoms with Crippen molar-refractivity contribution < 1.29 is 5.11 Å². The molecule has 16 heavy (non-hydrogen) atoms. The van der Waals surface area contributed by atoms with Crippen LogP contribution in [0.3, 0.4) is 0 Å². The lowest BCUT2D eigenvalue weighted by molar-refractivity contribution is 0.196. The van der Waals surface area contributed by atoms with Gasteiger partial charge in [0.15, 0.2) is 5.16 Å². The van der Waals surface area contributed by atoms with Crippen LogP contribution in [0.25, 0.3) is 0 Å². The Morgan fingerprint density at radius 2 is 2.44 bits per heavy atom. The summed E-state index contributed by atoms with van der Waals surface area (Å²) in [6.45, 7) is 3.55. The summed E-state index contributed by atoms with van der Waals surface area (Å²) in [6, 6.07) is 0. The van der Waals surface area contributed by atoms with Gasteiger partial charge >= 0.3 is 5.69 Å². The van der Waals surface area contributed by atoms with E-state index < -0.39 is 6.10 Å². The third-order valence-electron chi connectivity index (χ3n) is 2.05. The summed E-state index contributed by atoms with van der Waals surface area (Å²) in [7, 11) is 1.65. The Balaban J connectivity index is 2.29. The minimum Gasteiger partial charge on any atom is -0.391 e. The van der Waals surface area contributed by atoms with Gasteiger partial charge in [0.25, 0.3) is 0 Å². The lowest BCUT2D eigenvalue weighted by Gasteiger charge is -2.10. The van der Waals surface area contributed by atoms with Crippen LogP contribution in [-0.2, 0) is 7.05 Å². The van der Waals surface area contributed by atoms with Crippen LogP contribution >= 0.6 is 11.8 Å². The molecule has 1 rings (SSSR count). The molecule has 0 aliphatic carbocycles. The standard InChI is InChI=1S/C9H18N4O2S/c1-3-4-10-5-7(14)6-16-9-12-11-8(15)13(9)2/h7,10,14H,3-6H2,1-2H3,(H,11,15). The van der Waals surface area contributed by atoms with Crippen molar-refractivity contribution in [2.24, 2.45) is 7.05 Å². The number of thioether (sulfide) groups is 1. The number of hydrogen-bond donors (Lipinski definition) is 3. The first-order valence-electron chi connectivity index (χ1n) is 5.28. The van der Waals surface area contributed by atoms with E-state index in [0.29, 0.717) is 17.5 Å². The molecule has 0 fully saturated rings. The van der Waals surface area contributed by atoms with E-state index in [1.807, 2.05) is 0 Å². The zero-order chi connectivity index (χ0) is 12.0. The smallest absolute Gasteiger partial charge is 0.343 e. The summed E-state index contributed by atoms with van der Waals surface area (Å²) in [4.78, 5) is 11.1. The van der Waals surface area contributed by atoms with Crippen LogP contribution in [0.4, 0.5) is 0 Å². The summed E-state index contributed by atoms with van der Waals surface area (Å²) in [5.74, 6) is 0.523. The Labute approximate surface area is 98.4 Å². The molecule has 1 atom stereocenters. The van der Waals surface area contributed by atoms with Gasteiger partial charge in [-0.15, -0.1) is 5.10 Å². The highest BCUT2D eigenvalue weighted by Crippen LogP contribution is 2.12. The molecular weight excluding hydrogens is 228 g/mol. The molecule has 0 spiro atoms. The van der Waals surface area contributed by atoms with Gasteiger partial charge < -0.3 is 10.4 Å². The molecule has 6 nitrogen and oxygen atoms in total. The van der Waals surface area contributed by atoms with Crippen LogP contribution in [-0.4, -0.2) is 44.8 Å². The number of nitrogens with zero attached hydrogens (tertiary/aromatic N) is 2. The molecule has 7 heteroatoms. The van der Waals surface area contributed by atoms with Crippen molar-refractivity contribution in [2.75, 3.05) is 18.8 Å². The number of aliphatic hydroxyl groups excluding tert-OH is 1. The van der Waals surface area contributed by atoms with Crippen LogP contribution in [0.2, 0.25) is 0 Å². The highest BCUT2D eigenvalue weighted by Gasteiger charge is 2.08. The van der Waals surface area contributed by atoms with E-state index in [-0.39, 0.29) is 5.69 Å². The van der Waals surface area contributed by atoms with Crippen molar-refractivity contribution in [3.8, 4) is 0 Å². The predicted molar refractivity (Wildman–Crippen MR) is 63.7 cm³/mol. The van der Waals surface area contributed by atoms with Crippen molar-refractivity contribution in [3.63, 3.8) is 0 Å². The third-order valence-corrected chi connectivity index (χ3v) is 3.23. The molecule has 1 unspecified atom stereocenters. The molecule has 0 aliphatic heterocycles. The minimum atomic E-state index is -0.427. The molecule has 1 aromatic rings. The van der Waals surface area contributed by atoms with Crippen molar-refractivity contribution >= 4 is 11.8 Å². The molecule has 1 aromatic heterocycles. The van der Waals surface area contributed by atoms with Gasteiger partial charge in [-0.25, -0.2) is 9.89 Å². The Bertz CT molecular complexity index is 363.